The van der Waals surface area contributed by atoms with Crippen molar-refractivity contribution >= 4 is 15.8 Å². The molecule has 0 spiro atoms. The smallest absolute Gasteiger partial charge is 0.214 e. The van der Waals surface area contributed by atoms with Crippen LogP contribution in [0.2, 0.25) is 0 Å². The highest BCUT2D eigenvalue weighted by molar-refractivity contribution is 7.89. The standard InChI is InChI=1S/C15H26N4O2S/c1-3-9-22(20,21)19-7-4-5-13(6-8-19)10-14-11-18-15(16-2)12-17-14/h11-13H,3-10H2,1-2H3,(H,16,18)/t13-/m1/s1. The van der Waals surface area contributed by atoms with E-state index in [4.69, 9.17) is 0 Å². The van der Waals surface area contributed by atoms with Crippen molar-refractivity contribution < 1.29 is 8.42 Å². The summed E-state index contributed by atoms with van der Waals surface area (Å²) in [7, 11) is -1.25. The summed E-state index contributed by atoms with van der Waals surface area (Å²) < 4.78 is 26.0. The van der Waals surface area contributed by atoms with Crippen molar-refractivity contribution in [3.63, 3.8) is 0 Å². The molecule has 0 bridgehead atoms. The first-order valence-corrected chi connectivity index (χ1v) is 9.62. The lowest BCUT2D eigenvalue weighted by atomic mass is 9.95. The summed E-state index contributed by atoms with van der Waals surface area (Å²) in [6.07, 6.45) is 7.97. The van der Waals surface area contributed by atoms with Crippen LogP contribution in [0, 0.1) is 5.92 Å². The van der Waals surface area contributed by atoms with Crippen molar-refractivity contribution in [1.82, 2.24) is 14.3 Å². The summed E-state index contributed by atoms with van der Waals surface area (Å²) in [6, 6.07) is 0. The SMILES string of the molecule is CCCS(=O)(=O)N1CCC[C@@H](Cc2cnc(NC)cn2)CC1. The fraction of sp³-hybridized carbons (Fsp3) is 0.733. The number of hydrogen-bond acceptors (Lipinski definition) is 5. The second-order valence-corrected chi connectivity index (χ2v) is 7.95. The molecule has 0 unspecified atom stereocenters. The Bertz CT molecular complexity index is 559. The third-order valence-electron chi connectivity index (χ3n) is 4.12. The second-order valence-electron chi connectivity index (χ2n) is 5.86. The quantitative estimate of drug-likeness (QED) is 0.864. The predicted molar refractivity (Wildman–Crippen MR) is 88.3 cm³/mol. The first kappa shape index (κ1) is 17.1. The van der Waals surface area contributed by atoms with E-state index in [2.05, 4.69) is 15.3 Å². The molecule has 2 rings (SSSR count). The van der Waals surface area contributed by atoms with E-state index >= 15 is 0 Å². The van der Waals surface area contributed by atoms with Gasteiger partial charge >= 0.3 is 0 Å². The molecule has 2 heterocycles. The normalized spacial score (nSPS) is 20.5. The fourth-order valence-electron chi connectivity index (χ4n) is 2.89. The highest BCUT2D eigenvalue weighted by Crippen LogP contribution is 2.23. The maximum absolute atomic E-state index is 12.2. The van der Waals surface area contributed by atoms with Crippen LogP contribution in [0.5, 0.6) is 0 Å². The maximum atomic E-state index is 12.2. The van der Waals surface area contributed by atoms with Crippen LogP contribution in [-0.2, 0) is 16.4 Å². The molecule has 1 atom stereocenters. The zero-order valence-electron chi connectivity index (χ0n) is 13.5. The van der Waals surface area contributed by atoms with Gasteiger partial charge < -0.3 is 5.32 Å². The summed E-state index contributed by atoms with van der Waals surface area (Å²) in [6.45, 7) is 3.20. The second kappa shape index (κ2) is 7.87. The Balaban J connectivity index is 1.92. The molecular formula is C15H26N4O2S. The topological polar surface area (TPSA) is 75.2 Å². The van der Waals surface area contributed by atoms with Gasteiger partial charge in [-0.15, -0.1) is 0 Å². The maximum Gasteiger partial charge on any atom is 0.214 e. The van der Waals surface area contributed by atoms with Gasteiger partial charge in [-0.05, 0) is 38.0 Å². The van der Waals surface area contributed by atoms with Crippen LogP contribution in [0.1, 0.15) is 38.3 Å². The Hall–Kier alpha value is -1.21. The van der Waals surface area contributed by atoms with Gasteiger partial charge in [0.1, 0.15) is 5.82 Å². The van der Waals surface area contributed by atoms with Crippen molar-refractivity contribution in [1.29, 1.82) is 0 Å². The van der Waals surface area contributed by atoms with Gasteiger partial charge in [0.2, 0.25) is 10.0 Å². The van der Waals surface area contributed by atoms with Crippen LogP contribution in [0.25, 0.3) is 0 Å². The number of nitrogens with one attached hydrogen (secondary N) is 1. The molecule has 22 heavy (non-hydrogen) atoms. The van der Waals surface area contributed by atoms with E-state index in [1.54, 1.807) is 10.5 Å². The van der Waals surface area contributed by atoms with Gasteiger partial charge in [-0.3, -0.25) is 4.98 Å². The molecule has 0 aliphatic carbocycles. The molecule has 1 aliphatic heterocycles. The lowest BCUT2D eigenvalue weighted by Crippen LogP contribution is -2.33. The lowest BCUT2D eigenvalue weighted by Gasteiger charge is -2.19. The molecule has 6 nitrogen and oxygen atoms in total. The van der Waals surface area contributed by atoms with E-state index in [-0.39, 0.29) is 5.75 Å². The molecule has 124 valence electrons. The molecule has 1 saturated heterocycles. The van der Waals surface area contributed by atoms with Gasteiger partial charge in [0.25, 0.3) is 0 Å². The summed E-state index contributed by atoms with van der Waals surface area (Å²) in [5.41, 5.74) is 0.980. The van der Waals surface area contributed by atoms with Crippen molar-refractivity contribution in [2.45, 2.75) is 39.0 Å². The van der Waals surface area contributed by atoms with E-state index in [0.717, 1.165) is 37.2 Å². The molecule has 1 aromatic heterocycles. The number of aromatic nitrogens is 2. The number of hydrogen-bond donors (Lipinski definition) is 1. The first-order valence-electron chi connectivity index (χ1n) is 8.01. The monoisotopic (exact) mass is 326 g/mol. The van der Waals surface area contributed by atoms with E-state index in [1.165, 1.54) is 0 Å². The van der Waals surface area contributed by atoms with Crippen LogP contribution in [0.3, 0.4) is 0 Å². The Morgan fingerprint density at radius 3 is 2.73 bits per heavy atom. The lowest BCUT2D eigenvalue weighted by molar-refractivity contribution is 0.409. The third kappa shape index (κ3) is 4.64. The number of rotatable bonds is 6. The molecule has 1 aromatic rings. The zero-order chi connectivity index (χ0) is 16.0. The molecule has 0 saturated carbocycles. The average Bonchev–Trinajstić information content (AvgIpc) is 2.74. The largest absolute Gasteiger partial charge is 0.372 e. The van der Waals surface area contributed by atoms with Crippen LogP contribution < -0.4 is 5.32 Å². The van der Waals surface area contributed by atoms with Crippen LogP contribution >= 0.6 is 0 Å². The summed E-state index contributed by atoms with van der Waals surface area (Å²) >= 11 is 0. The molecule has 0 radical (unpaired) electrons. The van der Waals surface area contributed by atoms with Gasteiger partial charge in [-0.25, -0.2) is 17.7 Å². The highest BCUT2D eigenvalue weighted by Gasteiger charge is 2.25. The van der Waals surface area contributed by atoms with Gasteiger partial charge in [-0.2, -0.15) is 0 Å². The van der Waals surface area contributed by atoms with E-state index in [1.807, 2.05) is 20.2 Å². The first-order chi connectivity index (χ1) is 10.5. The van der Waals surface area contributed by atoms with Gasteiger partial charge in [0.05, 0.1) is 23.8 Å². The van der Waals surface area contributed by atoms with E-state index in [9.17, 15) is 8.42 Å². The predicted octanol–water partition coefficient (Wildman–Crippen LogP) is 1.90. The summed E-state index contributed by atoms with van der Waals surface area (Å²) in [5.74, 6) is 1.51. The number of sulfonamides is 1. The van der Waals surface area contributed by atoms with Crippen molar-refractivity contribution in [3.05, 3.63) is 18.1 Å². The molecule has 1 fully saturated rings. The molecule has 0 aromatic carbocycles. The Morgan fingerprint density at radius 1 is 1.27 bits per heavy atom. The zero-order valence-corrected chi connectivity index (χ0v) is 14.3. The molecule has 7 heteroatoms. The van der Waals surface area contributed by atoms with Gasteiger partial charge in [0.15, 0.2) is 0 Å². The molecule has 1 N–H and O–H groups in total. The van der Waals surface area contributed by atoms with E-state index < -0.39 is 10.0 Å². The van der Waals surface area contributed by atoms with E-state index in [0.29, 0.717) is 25.4 Å². The average molecular weight is 326 g/mol. The number of nitrogens with zero attached hydrogens (tertiary/aromatic N) is 3. The summed E-state index contributed by atoms with van der Waals surface area (Å²) in [5, 5.41) is 2.96. The molecule has 0 amide bonds. The number of anilines is 1. The molecule has 1 aliphatic rings. The van der Waals surface area contributed by atoms with Crippen molar-refractivity contribution in [2.24, 2.45) is 5.92 Å². The Labute approximate surface area is 133 Å². The van der Waals surface area contributed by atoms with Crippen LogP contribution in [0.4, 0.5) is 5.82 Å². The van der Waals surface area contributed by atoms with Crippen molar-refractivity contribution in [3.8, 4) is 0 Å². The third-order valence-corrected chi connectivity index (χ3v) is 6.20. The van der Waals surface area contributed by atoms with Gasteiger partial charge in [-0.1, -0.05) is 6.92 Å². The van der Waals surface area contributed by atoms with Crippen LogP contribution in [0.15, 0.2) is 12.4 Å². The summed E-state index contributed by atoms with van der Waals surface area (Å²) in [4.78, 5) is 8.70. The molecular weight excluding hydrogens is 300 g/mol. The van der Waals surface area contributed by atoms with Gasteiger partial charge in [0, 0.05) is 20.1 Å². The minimum atomic E-state index is -3.06. The highest BCUT2D eigenvalue weighted by atomic mass is 32.2. The van der Waals surface area contributed by atoms with Crippen LogP contribution in [-0.4, -0.2) is 48.6 Å². The Kier molecular flexibility index (Phi) is 6.14. The minimum Gasteiger partial charge on any atom is -0.372 e. The minimum absolute atomic E-state index is 0.259. The fourth-order valence-corrected chi connectivity index (χ4v) is 4.46. The Morgan fingerprint density at radius 2 is 2.09 bits per heavy atom. The van der Waals surface area contributed by atoms with Crippen molar-refractivity contribution in [2.75, 3.05) is 31.2 Å².